The van der Waals surface area contributed by atoms with Gasteiger partial charge in [-0.05, 0) is 45.4 Å². The van der Waals surface area contributed by atoms with Crippen LogP contribution in [-0.2, 0) is 35.1 Å². The average molecular weight is 553 g/mol. The Bertz CT molecular complexity index is 1050. The Kier molecular flexibility index (Phi) is 12.5. The number of likely N-dealkylation sites (N-methyl/N-ethyl adjacent to an activating group) is 1. The number of Topliss-reactive ketones (excluding diaryl/α,β-unsaturated/α-hetero) is 2. The second-order valence-corrected chi connectivity index (χ2v) is 10.7. The van der Waals surface area contributed by atoms with Gasteiger partial charge in [0.1, 0.15) is 5.60 Å². The third-order valence-electron chi connectivity index (χ3n) is 6.09. The van der Waals surface area contributed by atoms with Gasteiger partial charge in [0.05, 0.1) is 32.2 Å². The zero-order valence-corrected chi connectivity index (χ0v) is 24.3. The van der Waals surface area contributed by atoms with Crippen LogP contribution in [0.25, 0.3) is 0 Å². The van der Waals surface area contributed by atoms with Crippen LogP contribution in [0.2, 0.25) is 0 Å². The molecule has 0 aliphatic rings. The van der Waals surface area contributed by atoms with Gasteiger partial charge in [-0.3, -0.25) is 19.2 Å². The fourth-order valence-corrected chi connectivity index (χ4v) is 3.88. The molecule has 1 aromatic carbocycles. The van der Waals surface area contributed by atoms with Gasteiger partial charge in [-0.15, -0.1) is 0 Å². The summed E-state index contributed by atoms with van der Waals surface area (Å²) in [6.07, 6.45) is -1.17. The van der Waals surface area contributed by atoms with E-state index in [0.29, 0.717) is 5.56 Å². The number of nitrogens with one attached hydrogen (secondary N) is 1. The van der Waals surface area contributed by atoms with Crippen molar-refractivity contribution in [2.45, 2.75) is 78.5 Å². The quantitative estimate of drug-likeness (QED) is 0.369. The van der Waals surface area contributed by atoms with Crippen molar-refractivity contribution in [3.63, 3.8) is 0 Å². The fraction of sp³-hybridized carbons (Fsp3) is 0.607. The normalized spacial score (nSPS) is 14.3. The van der Waals surface area contributed by atoms with Crippen LogP contribution >= 0.6 is 0 Å². The molecule has 1 rings (SSSR count). The Morgan fingerprint density at radius 3 is 2.08 bits per heavy atom. The van der Waals surface area contributed by atoms with Gasteiger partial charge >= 0.3 is 12.1 Å². The number of ether oxygens (including phenoxy) is 3. The van der Waals surface area contributed by atoms with Crippen LogP contribution in [0.5, 0.6) is 5.75 Å². The van der Waals surface area contributed by atoms with E-state index in [1.807, 2.05) is 0 Å². The van der Waals surface area contributed by atoms with Crippen molar-refractivity contribution in [3.8, 4) is 5.75 Å². The lowest BCUT2D eigenvalue weighted by Gasteiger charge is -2.30. The largest absolute Gasteiger partial charge is 0.494 e. The number of halogens is 1. The maximum Gasteiger partial charge on any atom is 0.408 e. The molecule has 1 N–H and O–H groups in total. The summed E-state index contributed by atoms with van der Waals surface area (Å²) in [6, 6.07) is 2.29. The molecule has 1 aromatic rings. The zero-order chi connectivity index (χ0) is 30.1. The van der Waals surface area contributed by atoms with Crippen molar-refractivity contribution in [2.75, 3.05) is 21.3 Å². The summed E-state index contributed by atoms with van der Waals surface area (Å²) >= 11 is 0. The first-order valence-electron chi connectivity index (χ1n) is 12.7. The molecular weight excluding hydrogens is 511 g/mol. The van der Waals surface area contributed by atoms with E-state index in [1.54, 1.807) is 33.8 Å². The molecule has 0 unspecified atom stereocenters. The van der Waals surface area contributed by atoms with E-state index in [-0.39, 0.29) is 25.0 Å². The van der Waals surface area contributed by atoms with Crippen LogP contribution in [0.1, 0.15) is 59.9 Å². The van der Waals surface area contributed by atoms with Gasteiger partial charge in [0, 0.05) is 32.2 Å². The molecule has 0 heterocycles. The Morgan fingerprint density at radius 2 is 1.56 bits per heavy atom. The standard InChI is InChI=1S/C28H41FN2O8/c1-16(12-22(32)18(3)30-27(36)39-28(4,5)6)25(34)31(7)21(23(33)13-17(2)26(35)38-9)15-19-10-11-24(37-8)20(29)14-19/h10-11,14,16-18,21H,12-13,15H2,1-9H3,(H,30,36)/t16-,17-,18-,21+/m1/s1. The van der Waals surface area contributed by atoms with Crippen LogP contribution in [0, 0.1) is 17.7 Å². The zero-order valence-electron chi connectivity index (χ0n) is 24.3. The number of ketones is 2. The third kappa shape index (κ3) is 10.6. The molecule has 0 saturated carbocycles. The number of alkyl carbamates (subject to hydrolysis) is 1. The number of rotatable bonds is 13. The Balaban J connectivity index is 3.06. The first kappa shape index (κ1) is 33.5. The SMILES string of the molecule is COC(=O)[C@H](C)CC(=O)[C@H](Cc1ccc(OC)c(F)c1)N(C)C(=O)[C@H](C)CC(=O)[C@@H](C)NC(=O)OC(C)(C)C. The van der Waals surface area contributed by atoms with Crippen molar-refractivity contribution >= 4 is 29.5 Å². The second-order valence-electron chi connectivity index (χ2n) is 10.7. The van der Waals surface area contributed by atoms with Crippen LogP contribution in [0.4, 0.5) is 9.18 Å². The predicted octanol–water partition coefficient (Wildman–Crippen LogP) is 3.48. The van der Waals surface area contributed by atoms with E-state index < -0.39 is 64.9 Å². The molecule has 0 bridgehead atoms. The fourth-order valence-electron chi connectivity index (χ4n) is 3.88. The van der Waals surface area contributed by atoms with Crippen molar-refractivity contribution < 1.29 is 42.6 Å². The molecule has 0 aromatic heterocycles. The summed E-state index contributed by atoms with van der Waals surface area (Å²) in [5.41, 5.74) is -0.297. The van der Waals surface area contributed by atoms with Gasteiger partial charge in [-0.1, -0.05) is 19.9 Å². The highest BCUT2D eigenvalue weighted by Crippen LogP contribution is 2.22. The predicted molar refractivity (Wildman–Crippen MR) is 142 cm³/mol. The topological polar surface area (TPSA) is 128 Å². The van der Waals surface area contributed by atoms with Gasteiger partial charge in [-0.25, -0.2) is 9.18 Å². The van der Waals surface area contributed by atoms with Crippen molar-refractivity contribution in [1.82, 2.24) is 10.2 Å². The van der Waals surface area contributed by atoms with Crippen LogP contribution in [0.3, 0.4) is 0 Å². The first-order chi connectivity index (χ1) is 18.0. The summed E-state index contributed by atoms with van der Waals surface area (Å²) in [4.78, 5) is 64.4. The van der Waals surface area contributed by atoms with E-state index in [1.165, 1.54) is 52.1 Å². The van der Waals surface area contributed by atoms with Crippen molar-refractivity contribution in [3.05, 3.63) is 29.6 Å². The molecule has 0 aliphatic heterocycles. The van der Waals surface area contributed by atoms with Crippen LogP contribution in [-0.4, -0.2) is 73.4 Å². The van der Waals surface area contributed by atoms with E-state index in [4.69, 9.17) is 14.2 Å². The lowest BCUT2D eigenvalue weighted by molar-refractivity contribution is -0.148. The first-order valence-corrected chi connectivity index (χ1v) is 12.7. The number of amides is 2. The molecule has 0 spiro atoms. The summed E-state index contributed by atoms with van der Waals surface area (Å²) in [5.74, 6) is -4.04. The number of hydrogen-bond acceptors (Lipinski definition) is 8. The van der Waals surface area contributed by atoms with Crippen LogP contribution < -0.4 is 10.1 Å². The molecule has 0 radical (unpaired) electrons. The highest BCUT2D eigenvalue weighted by molar-refractivity contribution is 5.94. The van der Waals surface area contributed by atoms with E-state index >= 15 is 0 Å². The molecule has 39 heavy (non-hydrogen) atoms. The highest BCUT2D eigenvalue weighted by Gasteiger charge is 2.33. The lowest BCUT2D eigenvalue weighted by Crippen LogP contribution is -2.47. The molecule has 11 heteroatoms. The molecule has 0 aliphatic carbocycles. The summed E-state index contributed by atoms with van der Waals surface area (Å²) < 4.78 is 29.1. The summed E-state index contributed by atoms with van der Waals surface area (Å²) in [5, 5.41) is 2.46. The summed E-state index contributed by atoms with van der Waals surface area (Å²) in [6.45, 7) is 9.66. The molecule has 10 nitrogen and oxygen atoms in total. The Morgan fingerprint density at radius 1 is 0.974 bits per heavy atom. The number of methoxy groups -OCH3 is 2. The second kappa shape index (κ2) is 14.6. The van der Waals surface area contributed by atoms with Gasteiger partial charge in [0.2, 0.25) is 5.91 Å². The highest BCUT2D eigenvalue weighted by atomic mass is 19.1. The molecular formula is C28H41FN2O8. The minimum absolute atomic E-state index is 0.0207. The minimum Gasteiger partial charge on any atom is -0.494 e. The van der Waals surface area contributed by atoms with Crippen molar-refractivity contribution in [1.29, 1.82) is 0 Å². The lowest BCUT2D eigenvalue weighted by atomic mass is 9.93. The number of nitrogens with zero attached hydrogens (tertiary/aromatic N) is 1. The van der Waals surface area contributed by atoms with Gasteiger partial charge in [0.25, 0.3) is 0 Å². The Labute approximate surface area is 229 Å². The van der Waals surface area contributed by atoms with Gasteiger partial charge < -0.3 is 24.4 Å². The number of esters is 1. The molecule has 4 atom stereocenters. The number of carbonyl (C=O) groups excluding carboxylic acids is 5. The minimum atomic E-state index is -1.03. The van der Waals surface area contributed by atoms with Gasteiger partial charge in [-0.2, -0.15) is 0 Å². The molecule has 218 valence electrons. The van der Waals surface area contributed by atoms with E-state index in [2.05, 4.69) is 5.32 Å². The maximum atomic E-state index is 14.3. The number of benzene rings is 1. The molecule has 0 saturated heterocycles. The third-order valence-corrected chi connectivity index (χ3v) is 6.09. The number of hydrogen-bond donors (Lipinski definition) is 1. The van der Waals surface area contributed by atoms with Crippen LogP contribution in [0.15, 0.2) is 18.2 Å². The molecule has 2 amide bonds. The van der Waals surface area contributed by atoms with E-state index in [0.717, 1.165) is 0 Å². The Hall–Kier alpha value is -3.50. The van der Waals surface area contributed by atoms with Gasteiger partial charge in [0.15, 0.2) is 23.1 Å². The maximum absolute atomic E-state index is 14.3. The summed E-state index contributed by atoms with van der Waals surface area (Å²) in [7, 11) is 3.97. The van der Waals surface area contributed by atoms with E-state index in [9.17, 15) is 28.4 Å². The van der Waals surface area contributed by atoms with Crippen molar-refractivity contribution in [2.24, 2.45) is 11.8 Å². The smallest absolute Gasteiger partial charge is 0.408 e. The molecule has 0 fully saturated rings. The number of carbonyl (C=O) groups is 5. The average Bonchev–Trinajstić information content (AvgIpc) is 2.84. The monoisotopic (exact) mass is 552 g/mol.